The van der Waals surface area contributed by atoms with Crippen molar-refractivity contribution in [1.29, 1.82) is 0 Å². The first kappa shape index (κ1) is 43.8. The number of hydrogen-bond acceptors (Lipinski definition) is 3. The van der Waals surface area contributed by atoms with E-state index in [1.165, 1.54) is 54.5 Å². The molecule has 0 saturated carbocycles. The molecule has 11 aromatic rings. The number of fused-ring (bicyclic) bond motifs is 7. The molecule has 0 N–H and O–H groups in total. The van der Waals surface area contributed by atoms with Crippen LogP contribution >= 0.6 is 0 Å². The van der Waals surface area contributed by atoms with Crippen LogP contribution in [-0.4, -0.2) is 22.6 Å². The second kappa shape index (κ2) is 17.9. The molecular formula is C59H51IrN3OSi-2. The molecule has 3 heterocycles. The SMILES string of the molecule is CC(C)Cc1cc(-c2[c-]cccc2)ncc1[Si](C)(C)C.Cc1cc(-c2ccccc2)cc(C)c1-n1c(-c2[c-]ccc3c2oc2ccccc23)nc2cc3c(ccc4ccccc43)cc21.[Ir]. The number of aryl methyl sites for hydroxylation is 2. The molecule has 0 aliphatic carbocycles. The van der Waals surface area contributed by atoms with Gasteiger partial charge in [-0.2, -0.15) is 0 Å². The van der Waals surface area contributed by atoms with Gasteiger partial charge < -0.3 is 14.0 Å². The maximum absolute atomic E-state index is 6.51. The zero-order valence-corrected chi connectivity index (χ0v) is 41.4. The molecule has 65 heavy (non-hydrogen) atoms. The summed E-state index contributed by atoms with van der Waals surface area (Å²) in [4.78, 5) is 10.1. The molecule has 0 spiro atoms. The molecule has 6 heteroatoms. The predicted molar refractivity (Wildman–Crippen MR) is 273 cm³/mol. The van der Waals surface area contributed by atoms with Gasteiger partial charge in [-0.3, -0.25) is 4.98 Å². The van der Waals surface area contributed by atoms with Crippen LogP contribution in [0.1, 0.15) is 30.5 Å². The molecule has 0 amide bonds. The average Bonchev–Trinajstić information content (AvgIpc) is 3.86. The van der Waals surface area contributed by atoms with Crippen molar-refractivity contribution in [2.24, 2.45) is 5.92 Å². The van der Waals surface area contributed by atoms with Gasteiger partial charge in [-0.1, -0.05) is 141 Å². The van der Waals surface area contributed by atoms with Gasteiger partial charge in [0.05, 0.1) is 30.5 Å². The molecule has 4 nitrogen and oxygen atoms in total. The van der Waals surface area contributed by atoms with Crippen molar-refractivity contribution in [3.05, 3.63) is 193 Å². The summed E-state index contributed by atoms with van der Waals surface area (Å²) < 4.78 is 8.83. The minimum Gasteiger partial charge on any atom is -0.501 e. The monoisotopic (exact) mass is 1040 g/mol. The summed E-state index contributed by atoms with van der Waals surface area (Å²) in [7, 11) is -1.34. The van der Waals surface area contributed by atoms with Crippen LogP contribution in [-0.2, 0) is 26.5 Å². The molecule has 0 fully saturated rings. The van der Waals surface area contributed by atoms with Gasteiger partial charge in [0.1, 0.15) is 5.58 Å². The largest absolute Gasteiger partial charge is 0.501 e. The van der Waals surface area contributed by atoms with Crippen LogP contribution in [0.5, 0.6) is 0 Å². The van der Waals surface area contributed by atoms with E-state index < -0.39 is 8.07 Å². The fraction of sp³-hybridized carbons (Fsp3) is 0.153. The van der Waals surface area contributed by atoms with Crippen LogP contribution in [0.3, 0.4) is 0 Å². The van der Waals surface area contributed by atoms with Crippen LogP contribution in [0.25, 0.3) is 94.0 Å². The molecule has 11 rings (SSSR count). The normalized spacial score (nSPS) is 11.7. The summed E-state index contributed by atoms with van der Waals surface area (Å²) >= 11 is 0. The Labute approximate surface area is 396 Å². The third-order valence-electron chi connectivity index (χ3n) is 12.3. The van der Waals surface area contributed by atoms with Gasteiger partial charge in [0.15, 0.2) is 0 Å². The zero-order chi connectivity index (χ0) is 44.1. The topological polar surface area (TPSA) is 43.9 Å². The first-order valence-corrected chi connectivity index (χ1v) is 25.8. The van der Waals surface area contributed by atoms with Crippen molar-refractivity contribution < 1.29 is 24.5 Å². The minimum atomic E-state index is -1.34. The quantitative estimate of drug-likeness (QED) is 0.0908. The first-order valence-electron chi connectivity index (χ1n) is 22.3. The van der Waals surface area contributed by atoms with Gasteiger partial charge >= 0.3 is 0 Å². The number of hydrogen-bond donors (Lipinski definition) is 0. The Morgan fingerprint density at radius 2 is 1.35 bits per heavy atom. The fourth-order valence-corrected chi connectivity index (χ4v) is 11.0. The smallest absolute Gasteiger partial charge is 0.120 e. The number of nitrogens with zero attached hydrogens (tertiary/aromatic N) is 3. The summed E-state index contributed by atoms with van der Waals surface area (Å²) in [5, 5.41) is 8.49. The molecule has 0 bridgehead atoms. The van der Waals surface area contributed by atoms with Crippen LogP contribution in [0.4, 0.5) is 0 Å². The fourth-order valence-electron chi connectivity index (χ4n) is 9.42. The van der Waals surface area contributed by atoms with Gasteiger partial charge in [0.2, 0.25) is 0 Å². The Kier molecular flexibility index (Phi) is 12.0. The van der Waals surface area contributed by atoms with Crippen LogP contribution in [0, 0.1) is 31.9 Å². The number of benzene rings is 8. The van der Waals surface area contributed by atoms with E-state index in [-0.39, 0.29) is 20.1 Å². The average molecular weight is 1040 g/mol. The van der Waals surface area contributed by atoms with Crippen molar-refractivity contribution in [3.8, 4) is 39.5 Å². The first-order chi connectivity index (χ1) is 31.0. The van der Waals surface area contributed by atoms with Gasteiger partial charge in [0, 0.05) is 37.4 Å². The Hall–Kier alpha value is -6.43. The Balaban J connectivity index is 0.000000215. The summed E-state index contributed by atoms with van der Waals surface area (Å²) in [6.07, 6.45) is 3.24. The Morgan fingerprint density at radius 3 is 2.09 bits per heavy atom. The predicted octanol–water partition coefficient (Wildman–Crippen LogP) is 15.3. The third kappa shape index (κ3) is 8.39. The van der Waals surface area contributed by atoms with Crippen molar-refractivity contribution in [1.82, 2.24) is 14.5 Å². The van der Waals surface area contributed by atoms with Crippen LogP contribution in [0.2, 0.25) is 19.6 Å². The molecule has 0 saturated heterocycles. The number of imidazole rings is 1. The van der Waals surface area contributed by atoms with Crippen molar-refractivity contribution >= 4 is 67.8 Å². The number of rotatable bonds is 7. The molecule has 1 radical (unpaired) electrons. The minimum absolute atomic E-state index is 0. The maximum Gasteiger partial charge on any atom is 0.120 e. The molecule has 0 atom stereocenters. The Morgan fingerprint density at radius 1 is 0.646 bits per heavy atom. The van der Waals surface area contributed by atoms with Gasteiger partial charge in [-0.15, -0.1) is 54.1 Å². The van der Waals surface area contributed by atoms with Gasteiger partial charge in [0.25, 0.3) is 0 Å². The molecular weight excluding hydrogens is 987 g/mol. The van der Waals surface area contributed by atoms with E-state index in [1.54, 1.807) is 0 Å². The summed E-state index contributed by atoms with van der Waals surface area (Å²) in [6, 6.07) is 62.1. The Bertz CT molecular complexity index is 3490. The van der Waals surface area contributed by atoms with Gasteiger partial charge in [-0.05, 0) is 111 Å². The van der Waals surface area contributed by atoms with E-state index in [0.717, 1.165) is 67.7 Å². The third-order valence-corrected chi connectivity index (χ3v) is 14.4. The van der Waals surface area contributed by atoms with Crippen LogP contribution in [0.15, 0.2) is 168 Å². The molecule has 0 aliphatic rings. The van der Waals surface area contributed by atoms with E-state index in [0.29, 0.717) is 5.92 Å². The van der Waals surface area contributed by atoms with E-state index in [4.69, 9.17) is 9.40 Å². The second-order valence-corrected chi connectivity index (χ2v) is 23.5. The van der Waals surface area contributed by atoms with E-state index in [1.807, 2.05) is 36.4 Å². The molecule has 0 aliphatic heterocycles. The van der Waals surface area contributed by atoms with Crippen LogP contribution < -0.4 is 5.19 Å². The van der Waals surface area contributed by atoms with E-state index in [9.17, 15) is 0 Å². The van der Waals surface area contributed by atoms with Crippen molar-refractivity contribution in [3.63, 3.8) is 0 Å². The summed E-state index contributed by atoms with van der Waals surface area (Å²) in [6.45, 7) is 16.1. The standard InChI is InChI=1S/C41H27N2O.C18H24NSi.Ir/c1-25-21-30(27-11-4-3-5-12-27)22-26(2)39(25)43-37-23-29-20-19-28-13-6-7-14-31(28)35(29)24-36(37)42-41(43)34-17-10-16-33-32-15-8-9-18-38(32)44-40(33)34;1-14(2)11-16-12-17(15-9-7-6-8-10-15)19-13-18(16)20(3,4)5;/h3-16,18-24H,1-2H3;6-9,12-14H,11H2,1-5H3;/q2*-1;. The number of furan rings is 1. The molecule has 323 valence electrons. The molecule has 8 aromatic carbocycles. The number of para-hydroxylation sites is 1. The number of pyridine rings is 1. The van der Waals surface area contributed by atoms with Crippen molar-refractivity contribution in [2.75, 3.05) is 0 Å². The van der Waals surface area contributed by atoms with E-state index in [2.05, 4.69) is 197 Å². The zero-order valence-electron chi connectivity index (χ0n) is 38.0. The van der Waals surface area contributed by atoms with Gasteiger partial charge in [-0.25, -0.2) is 0 Å². The summed E-state index contributed by atoms with van der Waals surface area (Å²) in [5.74, 6) is 1.49. The number of aromatic nitrogens is 3. The second-order valence-electron chi connectivity index (χ2n) is 18.5. The van der Waals surface area contributed by atoms with Crippen molar-refractivity contribution in [2.45, 2.75) is 53.8 Å². The van der Waals surface area contributed by atoms with E-state index >= 15 is 0 Å². The molecule has 3 aromatic heterocycles. The molecule has 0 unspecified atom stereocenters. The summed E-state index contributed by atoms with van der Waals surface area (Å²) in [5.41, 5.74) is 14.0. The maximum atomic E-state index is 6.51.